The van der Waals surface area contributed by atoms with Gasteiger partial charge in [0.2, 0.25) is 0 Å². The van der Waals surface area contributed by atoms with Crippen molar-refractivity contribution >= 4 is 11.9 Å². The fraction of sp³-hybridized carbons (Fsp3) is 0.350. The molecule has 7 nitrogen and oxygen atoms in total. The molecule has 162 valence electrons. The molecule has 1 aliphatic rings. The number of pyridine rings is 1. The third-order valence-electron chi connectivity index (χ3n) is 4.46. The molecule has 3 rings (SSSR count). The predicted molar refractivity (Wildman–Crippen MR) is 101 cm³/mol. The van der Waals surface area contributed by atoms with Crippen LogP contribution in [0.4, 0.5) is 13.2 Å². The second kappa shape index (κ2) is 10.2. The number of rotatable bonds is 5. The average Bonchev–Trinajstić information content (AvgIpc) is 2.71. The maximum atomic E-state index is 11.8. The molecule has 1 aromatic heterocycles. The van der Waals surface area contributed by atoms with Gasteiger partial charge in [-0.15, -0.1) is 0 Å². The zero-order valence-corrected chi connectivity index (χ0v) is 16.1. The zero-order valence-electron chi connectivity index (χ0n) is 16.1. The molecule has 2 N–H and O–H groups in total. The Kier molecular flexibility index (Phi) is 7.90. The Hall–Kier alpha value is -2.98. The second-order valence-electron chi connectivity index (χ2n) is 6.48. The Bertz CT molecular complexity index is 888. The molecule has 0 spiro atoms. The maximum Gasteiger partial charge on any atom is 0.490 e. The number of methoxy groups -OCH3 is 1. The third kappa shape index (κ3) is 6.01. The van der Waals surface area contributed by atoms with Crippen LogP contribution in [0.2, 0.25) is 0 Å². The van der Waals surface area contributed by atoms with Gasteiger partial charge in [0, 0.05) is 38.5 Å². The number of hydrogen-bond acceptors (Lipinski definition) is 5. The van der Waals surface area contributed by atoms with Crippen LogP contribution in [0.25, 0.3) is 11.3 Å². The van der Waals surface area contributed by atoms with Crippen LogP contribution in [0.1, 0.15) is 21.5 Å². The van der Waals surface area contributed by atoms with E-state index in [0.29, 0.717) is 17.9 Å². The van der Waals surface area contributed by atoms with Crippen molar-refractivity contribution in [1.29, 1.82) is 0 Å². The molecular weight excluding hydrogens is 405 g/mol. The first-order valence-electron chi connectivity index (χ1n) is 8.96. The largest absolute Gasteiger partial charge is 0.490 e. The molecule has 30 heavy (non-hydrogen) atoms. The van der Waals surface area contributed by atoms with Gasteiger partial charge in [0.05, 0.1) is 17.9 Å². The van der Waals surface area contributed by atoms with Gasteiger partial charge in [-0.25, -0.2) is 9.59 Å². The van der Waals surface area contributed by atoms with E-state index in [1.165, 1.54) is 0 Å². The molecular formula is C20H21F3N2O5. The summed E-state index contributed by atoms with van der Waals surface area (Å²) in [7, 11) is 1.69. The number of halogens is 3. The molecule has 0 radical (unpaired) electrons. The number of ether oxygens (including phenoxy) is 1. The maximum absolute atomic E-state index is 11.8. The number of hydrogen-bond donors (Lipinski definition) is 2. The van der Waals surface area contributed by atoms with Crippen molar-refractivity contribution in [1.82, 2.24) is 9.88 Å². The predicted octanol–water partition coefficient (Wildman–Crippen LogP) is 3.08. The molecule has 0 fully saturated rings. The Balaban J connectivity index is 0.000000396. The van der Waals surface area contributed by atoms with Gasteiger partial charge < -0.3 is 14.9 Å². The number of fused-ring (bicyclic) bond motifs is 1. The fourth-order valence-corrected chi connectivity index (χ4v) is 3.06. The zero-order chi connectivity index (χ0) is 22.3. The summed E-state index contributed by atoms with van der Waals surface area (Å²) >= 11 is 0. The van der Waals surface area contributed by atoms with E-state index in [9.17, 15) is 23.1 Å². The summed E-state index contributed by atoms with van der Waals surface area (Å²) in [4.78, 5) is 27.5. The first kappa shape index (κ1) is 23.3. The van der Waals surface area contributed by atoms with E-state index in [4.69, 9.17) is 14.6 Å². The highest BCUT2D eigenvalue weighted by molar-refractivity contribution is 5.96. The topological polar surface area (TPSA) is 100.0 Å². The molecule has 0 aliphatic carbocycles. The molecule has 0 saturated heterocycles. The number of aromatic nitrogens is 1. The summed E-state index contributed by atoms with van der Waals surface area (Å²) in [5, 5.41) is 16.8. The Morgan fingerprint density at radius 2 is 1.83 bits per heavy atom. The molecule has 0 atom stereocenters. The van der Waals surface area contributed by atoms with Crippen LogP contribution in [-0.4, -0.2) is 65.0 Å². The lowest BCUT2D eigenvalue weighted by molar-refractivity contribution is -0.192. The number of aliphatic carboxylic acids is 1. The van der Waals surface area contributed by atoms with Gasteiger partial charge >= 0.3 is 18.1 Å². The summed E-state index contributed by atoms with van der Waals surface area (Å²) < 4.78 is 36.9. The number of carbonyl (C=O) groups is 2. The van der Waals surface area contributed by atoms with Crippen molar-refractivity contribution in [3.8, 4) is 11.3 Å². The first-order valence-corrected chi connectivity index (χ1v) is 8.96. The quantitative estimate of drug-likeness (QED) is 0.758. The monoisotopic (exact) mass is 426 g/mol. The molecule has 0 amide bonds. The molecule has 2 aromatic rings. The summed E-state index contributed by atoms with van der Waals surface area (Å²) in [5.74, 6) is -3.66. The lowest BCUT2D eigenvalue weighted by atomic mass is 9.92. The highest BCUT2D eigenvalue weighted by atomic mass is 19.4. The van der Waals surface area contributed by atoms with Gasteiger partial charge in [-0.05, 0) is 17.5 Å². The van der Waals surface area contributed by atoms with Crippen LogP contribution in [0, 0.1) is 0 Å². The van der Waals surface area contributed by atoms with Crippen LogP contribution in [0.15, 0.2) is 36.5 Å². The number of nitrogens with zero attached hydrogens (tertiary/aromatic N) is 2. The van der Waals surface area contributed by atoms with E-state index < -0.39 is 18.1 Å². The molecule has 10 heteroatoms. The normalized spacial score (nSPS) is 13.7. The summed E-state index contributed by atoms with van der Waals surface area (Å²) in [6, 6.07) is 9.50. The lowest BCUT2D eigenvalue weighted by Gasteiger charge is -2.29. The molecule has 1 aromatic carbocycles. The summed E-state index contributed by atoms with van der Waals surface area (Å²) in [5.41, 5.74) is 3.67. The van der Waals surface area contributed by atoms with Crippen molar-refractivity contribution in [2.75, 3.05) is 26.8 Å². The SMILES string of the molecule is COCCN1CCc2c(cnc(-c3ccccc3)c2C(=O)O)C1.O=C(O)C(F)(F)F. The van der Waals surface area contributed by atoms with E-state index in [1.54, 1.807) is 7.11 Å². The standard InChI is InChI=1S/C18H20N2O3.C2HF3O2/c1-23-10-9-20-8-7-15-14(12-20)11-19-17(16(15)18(21)22)13-5-3-2-4-6-13;3-2(4,5)1(6)7/h2-6,11H,7-10,12H2,1H3,(H,21,22);(H,6,7). The summed E-state index contributed by atoms with van der Waals surface area (Å²) in [6.07, 6.45) is -2.54. The Labute approximate surface area is 170 Å². The van der Waals surface area contributed by atoms with Crippen LogP contribution in [-0.2, 0) is 22.5 Å². The summed E-state index contributed by atoms with van der Waals surface area (Å²) in [6.45, 7) is 3.09. The van der Waals surface area contributed by atoms with Gasteiger partial charge in [-0.3, -0.25) is 9.88 Å². The number of carboxylic acid groups (broad SMARTS) is 2. The van der Waals surface area contributed by atoms with Crippen LogP contribution >= 0.6 is 0 Å². The second-order valence-corrected chi connectivity index (χ2v) is 6.48. The van der Waals surface area contributed by atoms with E-state index in [-0.39, 0.29) is 0 Å². The van der Waals surface area contributed by atoms with Gasteiger partial charge in [0.25, 0.3) is 0 Å². The Morgan fingerprint density at radius 1 is 1.20 bits per heavy atom. The highest BCUT2D eigenvalue weighted by Gasteiger charge is 2.38. The van der Waals surface area contributed by atoms with Crippen LogP contribution in [0.3, 0.4) is 0 Å². The van der Waals surface area contributed by atoms with E-state index >= 15 is 0 Å². The minimum atomic E-state index is -5.08. The average molecular weight is 426 g/mol. The number of aromatic carboxylic acids is 1. The minimum Gasteiger partial charge on any atom is -0.478 e. The molecule has 0 saturated carbocycles. The van der Waals surface area contributed by atoms with Gasteiger partial charge in [0.15, 0.2) is 0 Å². The van der Waals surface area contributed by atoms with Crippen molar-refractivity contribution in [2.45, 2.75) is 19.1 Å². The molecule has 2 heterocycles. The molecule has 0 bridgehead atoms. The van der Waals surface area contributed by atoms with Gasteiger partial charge in [-0.1, -0.05) is 30.3 Å². The van der Waals surface area contributed by atoms with Crippen LogP contribution < -0.4 is 0 Å². The van der Waals surface area contributed by atoms with E-state index in [2.05, 4.69) is 9.88 Å². The van der Waals surface area contributed by atoms with Crippen molar-refractivity contribution in [3.05, 3.63) is 53.2 Å². The third-order valence-corrected chi connectivity index (χ3v) is 4.46. The first-order chi connectivity index (χ1) is 14.1. The van der Waals surface area contributed by atoms with Crippen molar-refractivity contribution < 1.29 is 37.7 Å². The van der Waals surface area contributed by atoms with Crippen molar-refractivity contribution in [2.24, 2.45) is 0 Å². The molecule has 0 unspecified atom stereocenters. The Morgan fingerprint density at radius 3 is 2.37 bits per heavy atom. The number of carboxylic acids is 2. The number of alkyl halides is 3. The van der Waals surface area contributed by atoms with E-state index in [0.717, 1.165) is 42.7 Å². The fourth-order valence-electron chi connectivity index (χ4n) is 3.06. The molecule has 1 aliphatic heterocycles. The van der Waals surface area contributed by atoms with E-state index in [1.807, 2.05) is 36.5 Å². The van der Waals surface area contributed by atoms with Gasteiger partial charge in [-0.2, -0.15) is 13.2 Å². The number of benzene rings is 1. The highest BCUT2D eigenvalue weighted by Crippen LogP contribution is 2.29. The lowest BCUT2D eigenvalue weighted by Crippen LogP contribution is -2.34. The van der Waals surface area contributed by atoms with Crippen LogP contribution in [0.5, 0.6) is 0 Å². The van der Waals surface area contributed by atoms with Crippen molar-refractivity contribution in [3.63, 3.8) is 0 Å². The van der Waals surface area contributed by atoms with Gasteiger partial charge in [0.1, 0.15) is 0 Å². The smallest absolute Gasteiger partial charge is 0.478 e. The minimum absolute atomic E-state index is 0.347.